The molecule has 0 heterocycles. The Morgan fingerprint density at radius 1 is 1.18 bits per heavy atom. The molecular weight excluding hydrogens is 473 g/mol. The highest BCUT2D eigenvalue weighted by Gasteiger charge is 2.43. The Bertz CT molecular complexity index is 1290. The van der Waals surface area contributed by atoms with Gasteiger partial charge in [0.05, 0.1) is 4.90 Å². The molecule has 1 unspecified atom stereocenters. The standard InChI is InChI=1S/C22H21F3N4O4S/c23-19-9-14(7-8-20(30)31)12-22(25,21(19)24)15-3-1-5-17(10-15)29-34(32,33)18-6-2-4-16(11-18)27-13-28-26/h1-6,9-11,13,29H,7-8,12,26H2,(H,27,28)(H,30,31). The molecule has 0 fully saturated rings. The number of hydrogen-bond acceptors (Lipinski definition) is 5. The zero-order valence-electron chi connectivity index (χ0n) is 17.6. The van der Waals surface area contributed by atoms with Crippen molar-refractivity contribution in [3.63, 3.8) is 0 Å². The third-order valence-electron chi connectivity index (χ3n) is 5.04. The number of carboxylic acid groups (broad SMARTS) is 1. The van der Waals surface area contributed by atoms with Gasteiger partial charge in [-0.05, 0) is 48.4 Å². The molecule has 0 spiro atoms. The van der Waals surface area contributed by atoms with Crippen molar-refractivity contribution in [1.82, 2.24) is 0 Å². The minimum Gasteiger partial charge on any atom is -0.481 e. The van der Waals surface area contributed by atoms with E-state index in [1.807, 2.05) is 0 Å². The minimum absolute atomic E-state index is 0.0775. The van der Waals surface area contributed by atoms with E-state index in [0.717, 1.165) is 18.5 Å². The fourth-order valence-electron chi connectivity index (χ4n) is 3.44. The molecule has 180 valence electrons. The van der Waals surface area contributed by atoms with Crippen LogP contribution >= 0.6 is 0 Å². The predicted molar refractivity (Wildman–Crippen MR) is 122 cm³/mol. The zero-order valence-corrected chi connectivity index (χ0v) is 18.4. The largest absolute Gasteiger partial charge is 0.481 e. The molecule has 2 aromatic rings. The van der Waals surface area contributed by atoms with Gasteiger partial charge in [0.2, 0.25) is 0 Å². The summed E-state index contributed by atoms with van der Waals surface area (Å²) >= 11 is 0. The Morgan fingerprint density at radius 3 is 2.59 bits per heavy atom. The lowest BCUT2D eigenvalue weighted by Crippen LogP contribution is -2.26. The highest BCUT2D eigenvalue weighted by Crippen LogP contribution is 2.47. The lowest BCUT2D eigenvalue weighted by atomic mass is 9.82. The number of sulfonamides is 1. The van der Waals surface area contributed by atoms with Crippen LogP contribution in [0, 0.1) is 0 Å². The lowest BCUT2D eigenvalue weighted by Gasteiger charge is -2.29. The first-order chi connectivity index (χ1) is 16.0. The number of halogens is 3. The second kappa shape index (κ2) is 10.00. The number of alkyl halides is 1. The molecule has 1 aliphatic carbocycles. The zero-order chi connectivity index (χ0) is 24.9. The van der Waals surface area contributed by atoms with Crippen LogP contribution in [-0.4, -0.2) is 25.8 Å². The number of hydrogen-bond donors (Lipinski definition) is 4. The molecule has 1 aliphatic rings. The van der Waals surface area contributed by atoms with Crippen LogP contribution in [0.25, 0.3) is 0 Å². The molecule has 12 heteroatoms. The Balaban J connectivity index is 1.88. The van der Waals surface area contributed by atoms with E-state index >= 15 is 4.39 Å². The molecule has 3 rings (SSSR count). The molecule has 1 atom stereocenters. The number of nitrogens with one attached hydrogen (secondary N) is 2. The molecule has 2 aromatic carbocycles. The number of carbonyl (C=O) groups is 1. The van der Waals surface area contributed by atoms with Gasteiger partial charge < -0.3 is 16.3 Å². The smallest absolute Gasteiger partial charge is 0.303 e. The maximum absolute atomic E-state index is 15.8. The average molecular weight is 494 g/mol. The molecule has 0 aromatic heterocycles. The van der Waals surface area contributed by atoms with E-state index in [0.29, 0.717) is 5.69 Å². The van der Waals surface area contributed by atoms with Crippen LogP contribution in [0.2, 0.25) is 0 Å². The van der Waals surface area contributed by atoms with E-state index in [-0.39, 0.29) is 34.6 Å². The Kier molecular flexibility index (Phi) is 7.30. The maximum atomic E-state index is 15.8. The molecule has 0 saturated heterocycles. The van der Waals surface area contributed by atoms with Crippen LogP contribution in [0.3, 0.4) is 0 Å². The third-order valence-corrected chi connectivity index (χ3v) is 6.42. The summed E-state index contributed by atoms with van der Waals surface area (Å²) in [6.45, 7) is 0. The molecule has 5 N–H and O–H groups in total. The number of carboxylic acids is 1. The molecule has 0 saturated carbocycles. The SMILES string of the molecule is NN=CNc1cccc(S(=O)(=O)Nc2cccc(C3(F)CC(CCC(=O)O)=CC(F)=C3F)c2)c1. The summed E-state index contributed by atoms with van der Waals surface area (Å²) in [5, 5.41) is 14.8. The molecule has 8 nitrogen and oxygen atoms in total. The van der Waals surface area contributed by atoms with Gasteiger partial charge in [-0.2, -0.15) is 5.10 Å². The fourth-order valence-corrected chi connectivity index (χ4v) is 4.53. The van der Waals surface area contributed by atoms with Crippen molar-refractivity contribution in [3.05, 3.63) is 77.4 Å². The first kappa shape index (κ1) is 24.8. The van der Waals surface area contributed by atoms with Gasteiger partial charge in [0, 0.05) is 24.2 Å². The van der Waals surface area contributed by atoms with Crippen LogP contribution in [0.15, 0.2) is 81.8 Å². The minimum atomic E-state index is -4.13. The first-order valence-electron chi connectivity index (χ1n) is 9.93. The van der Waals surface area contributed by atoms with Gasteiger partial charge in [0.25, 0.3) is 10.0 Å². The van der Waals surface area contributed by atoms with Crippen molar-refractivity contribution < 1.29 is 31.5 Å². The average Bonchev–Trinajstić information content (AvgIpc) is 2.80. The van der Waals surface area contributed by atoms with E-state index in [4.69, 9.17) is 10.9 Å². The molecule has 0 radical (unpaired) electrons. The molecule has 34 heavy (non-hydrogen) atoms. The van der Waals surface area contributed by atoms with E-state index in [9.17, 15) is 22.0 Å². The summed E-state index contributed by atoms with van der Waals surface area (Å²) in [6.07, 6.45) is 0.814. The summed E-state index contributed by atoms with van der Waals surface area (Å²) in [7, 11) is -4.13. The summed E-state index contributed by atoms with van der Waals surface area (Å²) in [5.41, 5.74) is -2.85. The molecule has 0 bridgehead atoms. The second-order valence-electron chi connectivity index (χ2n) is 7.47. The van der Waals surface area contributed by atoms with Crippen molar-refractivity contribution in [2.45, 2.75) is 29.8 Å². The number of benzene rings is 2. The fraction of sp³-hybridized carbons (Fsp3) is 0.182. The van der Waals surface area contributed by atoms with Crippen LogP contribution in [-0.2, 0) is 20.5 Å². The highest BCUT2D eigenvalue weighted by molar-refractivity contribution is 7.92. The van der Waals surface area contributed by atoms with Gasteiger partial charge in [0.15, 0.2) is 17.3 Å². The van der Waals surface area contributed by atoms with Gasteiger partial charge >= 0.3 is 5.97 Å². The summed E-state index contributed by atoms with van der Waals surface area (Å²) in [6, 6.07) is 10.6. The molecule has 0 aliphatic heterocycles. The van der Waals surface area contributed by atoms with Gasteiger partial charge in [-0.15, -0.1) is 0 Å². The van der Waals surface area contributed by atoms with Gasteiger partial charge in [-0.3, -0.25) is 9.52 Å². The third kappa shape index (κ3) is 5.57. The van der Waals surface area contributed by atoms with E-state index in [1.165, 1.54) is 36.4 Å². The van der Waals surface area contributed by atoms with Crippen molar-refractivity contribution >= 4 is 33.7 Å². The molecular formula is C22H21F3N4O4S. The van der Waals surface area contributed by atoms with Crippen LogP contribution in [0.4, 0.5) is 24.5 Å². The van der Waals surface area contributed by atoms with Crippen LogP contribution in [0.1, 0.15) is 24.8 Å². The number of nitrogens with zero attached hydrogens (tertiary/aromatic N) is 1. The lowest BCUT2D eigenvalue weighted by molar-refractivity contribution is -0.137. The number of rotatable bonds is 9. The number of aliphatic carboxylic acids is 1. The normalized spacial score (nSPS) is 18.6. The van der Waals surface area contributed by atoms with E-state index < -0.39 is 39.7 Å². The van der Waals surface area contributed by atoms with Crippen molar-refractivity contribution in [3.8, 4) is 0 Å². The van der Waals surface area contributed by atoms with Gasteiger partial charge in [0.1, 0.15) is 6.34 Å². The monoisotopic (exact) mass is 494 g/mol. The van der Waals surface area contributed by atoms with E-state index in [2.05, 4.69) is 15.1 Å². The van der Waals surface area contributed by atoms with Crippen molar-refractivity contribution in [1.29, 1.82) is 0 Å². The topological polar surface area (TPSA) is 134 Å². The first-order valence-corrected chi connectivity index (χ1v) is 11.4. The Labute approximate surface area is 193 Å². The van der Waals surface area contributed by atoms with Crippen LogP contribution in [0.5, 0.6) is 0 Å². The van der Waals surface area contributed by atoms with E-state index in [1.54, 1.807) is 6.07 Å². The number of hydrazone groups is 1. The van der Waals surface area contributed by atoms with Crippen molar-refractivity contribution in [2.75, 3.05) is 10.0 Å². The highest BCUT2D eigenvalue weighted by atomic mass is 32.2. The van der Waals surface area contributed by atoms with Gasteiger partial charge in [-0.25, -0.2) is 21.6 Å². The van der Waals surface area contributed by atoms with Crippen LogP contribution < -0.4 is 15.9 Å². The summed E-state index contributed by atoms with van der Waals surface area (Å²) in [5.74, 6) is 0.748. The van der Waals surface area contributed by atoms with Crippen molar-refractivity contribution in [2.24, 2.45) is 10.9 Å². The Hall–Kier alpha value is -3.80. The number of anilines is 2. The number of nitrogens with two attached hydrogens (primary N) is 1. The Morgan fingerprint density at radius 2 is 1.88 bits per heavy atom. The summed E-state index contributed by atoms with van der Waals surface area (Å²) < 4.78 is 72.4. The van der Waals surface area contributed by atoms with Gasteiger partial charge in [-0.1, -0.05) is 23.8 Å². The molecule has 0 amide bonds. The summed E-state index contributed by atoms with van der Waals surface area (Å²) in [4.78, 5) is 10.7. The quantitative estimate of drug-likeness (QED) is 0.178. The second-order valence-corrected chi connectivity index (χ2v) is 9.16. The maximum Gasteiger partial charge on any atom is 0.303 e. The number of allylic oxidation sites excluding steroid dienone is 4. The predicted octanol–water partition coefficient (Wildman–Crippen LogP) is 4.31.